The van der Waals surface area contributed by atoms with E-state index in [1.54, 1.807) is 7.11 Å². The quantitative estimate of drug-likeness (QED) is 0.637. The Balaban J connectivity index is 3.54. The first-order valence-corrected chi connectivity index (χ1v) is 5.85. The van der Waals surface area contributed by atoms with Crippen LogP contribution in [-0.4, -0.2) is 32.2 Å². The molecule has 1 unspecified atom stereocenters. The Bertz CT molecular complexity index is 139. The van der Waals surface area contributed by atoms with Crippen molar-refractivity contribution in [2.45, 2.75) is 39.7 Å². The summed E-state index contributed by atoms with van der Waals surface area (Å²) >= 11 is 5.67. The molecule has 0 aromatic heterocycles. The van der Waals surface area contributed by atoms with Crippen LogP contribution in [0.2, 0.25) is 0 Å². The molecule has 1 N–H and O–H groups in total. The van der Waals surface area contributed by atoms with Crippen LogP contribution in [0.15, 0.2) is 0 Å². The molecule has 0 saturated heterocycles. The van der Waals surface area contributed by atoms with Gasteiger partial charge in [-0.2, -0.15) is 0 Å². The molecule has 0 heterocycles. The average molecular weight is 222 g/mol. The molecule has 1 atom stereocenters. The second-order valence-corrected chi connectivity index (χ2v) is 5.01. The predicted octanol–water partition coefficient (Wildman–Crippen LogP) is 2.66. The van der Waals surface area contributed by atoms with E-state index in [0.29, 0.717) is 11.5 Å². The lowest BCUT2D eigenvalue weighted by molar-refractivity contribution is 0.114. The van der Waals surface area contributed by atoms with Gasteiger partial charge in [-0.3, -0.25) is 0 Å². The monoisotopic (exact) mass is 221 g/mol. The molecular formula is C11H24ClNO. The first-order chi connectivity index (χ1) is 6.52. The lowest BCUT2D eigenvalue weighted by Gasteiger charge is -2.25. The highest BCUT2D eigenvalue weighted by Gasteiger charge is 2.16. The lowest BCUT2D eigenvalue weighted by atomic mass is 9.88. The molecule has 0 aliphatic rings. The van der Waals surface area contributed by atoms with Crippen molar-refractivity contribution in [1.82, 2.24) is 5.32 Å². The molecule has 0 aliphatic heterocycles. The minimum Gasteiger partial charge on any atom is -0.380 e. The van der Waals surface area contributed by atoms with Crippen LogP contribution in [0.4, 0.5) is 0 Å². The van der Waals surface area contributed by atoms with Crippen LogP contribution in [0.3, 0.4) is 0 Å². The van der Waals surface area contributed by atoms with Gasteiger partial charge in [0, 0.05) is 26.1 Å². The van der Waals surface area contributed by atoms with Crippen molar-refractivity contribution < 1.29 is 4.74 Å². The molecule has 0 amide bonds. The fraction of sp³-hybridized carbons (Fsp3) is 1.00. The zero-order chi connectivity index (χ0) is 11.0. The van der Waals surface area contributed by atoms with Gasteiger partial charge in [-0.15, -0.1) is 11.6 Å². The summed E-state index contributed by atoms with van der Waals surface area (Å²) in [5, 5.41) is 3.42. The average Bonchev–Trinajstić information content (AvgIpc) is 2.14. The van der Waals surface area contributed by atoms with Gasteiger partial charge in [0.05, 0.1) is 6.10 Å². The molecule has 0 aromatic carbocycles. The van der Waals surface area contributed by atoms with Crippen LogP contribution in [0, 0.1) is 5.41 Å². The maximum atomic E-state index is 5.67. The van der Waals surface area contributed by atoms with Crippen molar-refractivity contribution >= 4 is 11.6 Å². The van der Waals surface area contributed by atoms with Crippen molar-refractivity contribution in [3.8, 4) is 0 Å². The summed E-state index contributed by atoms with van der Waals surface area (Å²) in [4.78, 5) is 0. The van der Waals surface area contributed by atoms with E-state index >= 15 is 0 Å². The van der Waals surface area contributed by atoms with Crippen LogP contribution in [0.5, 0.6) is 0 Å². The standard InChI is InChI=1S/C11H24ClNO/c1-10(14-4)8-13-9-11(2,3)6-5-7-12/h10,13H,5-9H2,1-4H3. The van der Waals surface area contributed by atoms with Gasteiger partial charge in [-0.25, -0.2) is 0 Å². The summed E-state index contributed by atoms with van der Waals surface area (Å²) in [5.41, 5.74) is 0.336. The second kappa shape index (κ2) is 7.49. The molecule has 0 saturated carbocycles. The topological polar surface area (TPSA) is 21.3 Å². The van der Waals surface area contributed by atoms with Crippen molar-refractivity contribution in [3.05, 3.63) is 0 Å². The highest BCUT2D eigenvalue weighted by Crippen LogP contribution is 2.21. The molecule has 0 aromatic rings. The van der Waals surface area contributed by atoms with Crippen LogP contribution in [-0.2, 0) is 4.74 Å². The number of nitrogens with one attached hydrogen (secondary N) is 1. The molecule has 0 fully saturated rings. The summed E-state index contributed by atoms with van der Waals surface area (Å²) in [6.45, 7) is 8.55. The second-order valence-electron chi connectivity index (χ2n) is 4.63. The van der Waals surface area contributed by atoms with Gasteiger partial charge in [0.2, 0.25) is 0 Å². The summed E-state index contributed by atoms with van der Waals surface area (Å²) in [7, 11) is 1.74. The van der Waals surface area contributed by atoms with Crippen molar-refractivity contribution in [3.63, 3.8) is 0 Å². The summed E-state index contributed by atoms with van der Waals surface area (Å²) in [5.74, 6) is 0.762. The maximum absolute atomic E-state index is 5.67. The minimum atomic E-state index is 0.291. The van der Waals surface area contributed by atoms with E-state index in [9.17, 15) is 0 Å². The third-order valence-electron chi connectivity index (χ3n) is 2.42. The zero-order valence-electron chi connectivity index (χ0n) is 9.90. The van der Waals surface area contributed by atoms with E-state index < -0.39 is 0 Å². The van der Waals surface area contributed by atoms with Gasteiger partial charge in [0.25, 0.3) is 0 Å². The Morgan fingerprint density at radius 3 is 2.57 bits per heavy atom. The molecule has 0 spiro atoms. The molecule has 0 rings (SSSR count). The fourth-order valence-corrected chi connectivity index (χ4v) is 1.46. The molecule has 3 heteroatoms. The largest absolute Gasteiger partial charge is 0.380 e. The number of methoxy groups -OCH3 is 1. The number of alkyl halides is 1. The van der Waals surface area contributed by atoms with Crippen molar-refractivity contribution in [2.24, 2.45) is 5.41 Å². The van der Waals surface area contributed by atoms with E-state index in [0.717, 1.165) is 25.4 Å². The van der Waals surface area contributed by atoms with Gasteiger partial charge < -0.3 is 10.1 Å². The maximum Gasteiger partial charge on any atom is 0.0667 e. The molecule has 0 bridgehead atoms. The Morgan fingerprint density at radius 1 is 1.43 bits per heavy atom. The first-order valence-electron chi connectivity index (χ1n) is 5.31. The molecule has 0 aliphatic carbocycles. The number of hydrogen-bond donors (Lipinski definition) is 1. The number of halogens is 1. The Kier molecular flexibility index (Phi) is 7.61. The Hall–Kier alpha value is 0.210. The van der Waals surface area contributed by atoms with Crippen LogP contribution in [0.25, 0.3) is 0 Å². The Labute approximate surface area is 93.4 Å². The molecular weight excluding hydrogens is 198 g/mol. The molecule has 14 heavy (non-hydrogen) atoms. The fourth-order valence-electron chi connectivity index (χ4n) is 1.33. The smallest absolute Gasteiger partial charge is 0.0667 e. The van der Waals surface area contributed by atoms with E-state index in [2.05, 4.69) is 26.1 Å². The van der Waals surface area contributed by atoms with E-state index in [1.165, 1.54) is 6.42 Å². The van der Waals surface area contributed by atoms with Gasteiger partial charge in [0.1, 0.15) is 0 Å². The lowest BCUT2D eigenvalue weighted by Crippen LogP contribution is -2.34. The van der Waals surface area contributed by atoms with E-state index in [4.69, 9.17) is 16.3 Å². The molecule has 86 valence electrons. The van der Waals surface area contributed by atoms with Gasteiger partial charge in [0.15, 0.2) is 0 Å². The van der Waals surface area contributed by atoms with Gasteiger partial charge >= 0.3 is 0 Å². The zero-order valence-corrected chi connectivity index (χ0v) is 10.7. The molecule has 2 nitrogen and oxygen atoms in total. The third-order valence-corrected chi connectivity index (χ3v) is 2.69. The third kappa shape index (κ3) is 7.60. The van der Waals surface area contributed by atoms with Gasteiger partial charge in [-0.05, 0) is 25.2 Å². The highest BCUT2D eigenvalue weighted by atomic mass is 35.5. The highest BCUT2D eigenvalue weighted by molar-refractivity contribution is 6.17. The van der Waals surface area contributed by atoms with E-state index in [1.807, 2.05) is 0 Å². The molecule has 0 radical (unpaired) electrons. The van der Waals surface area contributed by atoms with Crippen LogP contribution in [0.1, 0.15) is 33.6 Å². The number of hydrogen-bond acceptors (Lipinski definition) is 2. The number of rotatable bonds is 8. The summed E-state index contributed by atoms with van der Waals surface area (Å²) in [6.07, 6.45) is 2.56. The normalized spacial score (nSPS) is 14.4. The minimum absolute atomic E-state index is 0.291. The van der Waals surface area contributed by atoms with Gasteiger partial charge in [-0.1, -0.05) is 13.8 Å². The SMILES string of the molecule is COC(C)CNCC(C)(C)CCCCl. The van der Waals surface area contributed by atoms with Crippen LogP contribution >= 0.6 is 11.6 Å². The predicted molar refractivity (Wildman–Crippen MR) is 63.1 cm³/mol. The first kappa shape index (κ1) is 14.2. The summed E-state index contributed by atoms with van der Waals surface area (Å²) in [6, 6.07) is 0. The number of ether oxygens (including phenoxy) is 1. The van der Waals surface area contributed by atoms with Crippen molar-refractivity contribution in [1.29, 1.82) is 0 Å². The van der Waals surface area contributed by atoms with E-state index in [-0.39, 0.29) is 0 Å². The Morgan fingerprint density at radius 2 is 2.07 bits per heavy atom. The van der Waals surface area contributed by atoms with Crippen LogP contribution < -0.4 is 5.32 Å². The summed E-state index contributed by atoms with van der Waals surface area (Å²) < 4.78 is 5.16. The van der Waals surface area contributed by atoms with Crippen molar-refractivity contribution in [2.75, 3.05) is 26.1 Å².